The maximum Gasteiger partial charge on any atom is 0.308 e. The fourth-order valence-electron chi connectivity index (χ4n) is 1.63. The van der Waals surface area contributed by atoms with Crippen molar-refractivity contribution in [3.63, 3.8) is 0 Å². The van der Waals surface area contributed by atoms with Crippen LogP contribution in [0.1, 0.15) is 11.1 Å². The molecule has 0 radical (unpaired) electrons. The number of hydrogen-bond acceptors (Lipinski definition) is 2. The van der Waals surface area contributed by atoms with Crippen LogP contribution in [0.25, 0.3) is 0 Å². The van der Waals surface area contributed by atoms with Gasteiger partial charge in [-0.3, -0.25) is 9.59 Å². The maximum absolute atomic E-state index is 12.7. The summed E-state index contributed by atoms with van der Waals surface area (Å²) in [5.74, 6) is -1.40. The summed E-state index contributed by atoms with van der Waals surface area (Å²) in [5, 5.41) is 11.3. The number of rotatable bonds is 4. The summed E-state index contributed by atoms with van der Waals surface area (Å²) < 4.78 is 14.0. The second kappa shape index (κ2) is 4.87. The van der Waals surface area contributed by atoms with E-state index in [4.69, 9.17) is 5.11 Å². The predicted octanol–water partition coefficient (Wildman–Crippen LogP) is 0.991. The molecule has 0 saturated heterocycles. The van der Waals surface area contributed by atoms with Crippen LogP contribution in [-0.4, -0.2) is 20.9 Å². The standard InChI is InChI=1S/C12H11FN2O3/c13-10-3-1-8(2-4-10)7-15-12(18)9(6-14-15)5-11(16)17/h1-4,6,14H,5,7H2,(H,16,17). The van der Waals surface area contributed by atoms with Crippen molar-refractivity contribution in [1.29, 1.82) is 0 Å². The molecule has 2 aromatic rings. The molecule has 0 atom stereocenters. The molecule has 0 saturated carbocycles. The van der Waals surface area contributed by atoms with Gasteiger partial charge in [-0.25, -0.2) is 9.07 Å². The summed E-state index contributed by atoms with van der Waals surface area (Å²) in [4.78, 5) is 22.3. The van der Waals surface area contributed by atoms with E-state index >= 15 is 0 Å². The Hall–Kier alpha value is -2.37. The molecule has 2 N–H and O–H groups in total. The zero-order valence-electron chi connectivity index (χ0n) is 9.39. The van der Waals surface area contributed by atoms with Crippen LogP contribution < -0.4 is 5.56 Å². The van der Waals surface area contributed by atoms with Crippen LogP contribution in [0.5, 0.6) is 0 Å². The minimum absolute atomic E-state index is 0.199. The van der Waals surface area contributed by atoms with Crippen LogP contribution in [-0.2, 0) is 17.8 Å². The first-order valence-corrected chi connectivity index (χ1v) is 5.29. The Labute approximate surface area is 101 Å². The quantitative estimate of drug-likeness (QED) is 0.849. The third-order valence-electron chi connectivity index (χ3n) is 2.51. The number of benzene rings is 1. The Morgan fingerprint density at radius 2 is 2.00 bits per heavy atom. The molecule has 0 unspecified atom stereocenters. The smallest absolute Gasteiger partial charge is 0.308 e. The zero-order valence-corrected chi connectivity index (χ0v) is 9.39. The molecule has 94 valence electrons. The van der Waals surface area contributed by atoms with E-state index in [2.05, 4.69) is 5.10 Å². The number of carboxylic acid groups (broad SMARTS) is 1. The van der Waals surface area contributed by atoms with Gasteiger partial charge in [-0.1, -0.05) is 12.1 Å². The molecule has 0 aliphatic heterocycles. The van der Waals surface area contributed by atoms with Crippen molar-refractivity contribution in [3.05, 3.63) is 57.8 Å². The molecule has 0 bridgehead atoms. The highest BCUT2D eigenvalue weighted by atomic mass is 19.1. The number of aromatic amines is 1. The van der Waals surface area contributed by atoms with Crippen molar-refractivity contribution in [2.24, 2.45) is 0 Å². The molecule has 5 nitrogen and oxygen atoms in total. The lowest BCUT2D eigenvalue weighted by Gasteiger charge is -2.01. The van der Waals surface area contributed by atoms with E-state index in [0.29, 0.717) is 0 Å². The van der Waals surface area contributed by atoms with Crippen LogP contribution in [0.15, 0.2) is 35.3 Å². The van der Waals surface area contributed by atoms with Crippen LogP contribution >= 0.6 is 0 Å². The van der Waals surface area contributed by atoms with E-state index in [1.807, 2.05) is 0 Å². The second-order valence-corrected chi connectivity index (χ2v) is 3.89. The van der Waals surface area contributed by atoms with E-state index in [1.54, 1.807) is 12.1 Å². The number of H-pyrrole nitrogens is 1. The SMILES string of the molecule is O=C(O)Cc1c[nH]n(Cc2ccc(F)cc2)c1=O. The molecule has 2 rings (SSSR count). The Kier molecular flexibility index (Phi) is 3.27. The molecule has 0 fully saturated rings. The van der Waals surface area contributed by atoms with Gasteiger partial charge in [0, 0.05) is 11.8 Å². The number of nitrogens with one attached hydrogen (secondary N) is 1. The van der Waals surface area contributed by atoms with Crippen molar-refractivity contribution in [3.8, 4) is 0 Å². The third kappa shape index (κ3) is 2.65. The van der Waals surface area contributed by atoms with Gasteiger partial charge < -0.3 is 10.2 Å². The van der Waals surface area contributed by atoms with Gasteiger partial charge in [0.15, 0.2) is 0 Å². The first-order chi connectivity index (χ1) is 8.56. The molecular weight excluding hydrogens is 239 g/mol. The average Bonchev–Trinajstić information content (AvgIpc) is 2.64. The number of aliphatic carboxylic acids is 1. The largest absolute Gasteiger partial charge is 0.481 e. The van der Waals surface area contributed by atoms with Gasteiger partial charge in [0.1, 0.15) is 5.82 Å². The van der Waals surface area contributed by atoms with Crippen LogP contribution in [0.3, 0.4) is 0 Å². The lowest BCUT2D eigenvalue weighted by Crippen LogP contribution is -2.21. The number of nitrogens with zero attached hydrogens (tertiary/aromatic N) is 1. The molecule has 0 aliphatic rings. The first-order valence-electron chi connectivity index (χ1n) is 5.29. The van der Waals surface area contributed by atoms with Crippen molar-refractivity contribution < 1.29 is 14.3 Å². The Balaban J connectivity index is 2.20. The van der Waals surface area contributed by atoms with Gasteiger partial charge in [-0.2, -0.15) is 0 Å². The van der Waals surface area contributed by atoms with E-state index < -0.39 is 5.97 Å². The van der Waals surface area contributed by atoms with Crippen LogP contribution in [0.2, 0.25) is 0 Å². The summed E-state index contributed by atoms with van der Waals surface area (Å²) in [7, 11) is 0. The van der Waals surface area contributed by atoms with E-state index in [9.17, 15) is 14.0 Å². The second-order valence-electron chi connectivity index (χ2n) is 3.89. The number of hydrogen-bond donors (Lipinski definition) is 2. The Morgan fingerprint density at radius 3 is 2.61 bits per heavy atom. The van der Waals surface area contributed by atoms with Gasteiger partial charge in [-0.05, 0) is 17.7 Å². The van der Waals surface area contributed by atoms with Crippen molar-refractivity contribution in [1.82, 2.24) is 9.78 Å². The van der Waals surface area contributed by atoms with Crippen molar-refractivity contribution >= 4 is 5.97 Å². The highest BCUT2D eigenvalue weighted by Crippen LogP contribution is 2.04. The predicted molar refractivity (Wildman–Crippen MR) is 61.9 cm³/mol. The molecule has 6 heteroatoms. The van der Waals surface area contributed by atoms with Gasteiger partial charge in [-0.15, -0.1) is 0 Å². The van der Waals surface area contributed by atoms with Crippen LogP contribution in [0.4, 0.5) is 4.39 Å². The summed E-state index contributed by atoms with van der Waals surface area (Å²) in [6, 6.07) is 5.75. The summed E-state index contributed by atoms with van der Waals surface area (Å²) in [6.45, 7) is 0.249. The summed E-state index contributed by atoms with van der Waals surface area (Å²) in [6.07, 6.45) is 1.06. The van der Waals surface area contributed by atoms with Gasteiger partial charge in [0.2, 0.25) is 0 Å². The molecule has 1 aromatic carbocycles. The lowest BCUT2D eigenvalue weighted by atomic mass is 10.2. The summed E-state index contributed by atoms with van der Waals surface area (Å²) in [5.41, 5.74) is 0.577. The van der Waals surface area contributed by atoms with Gasteiger partial charge in [0.05, 0.1) is 13.0 Å². The number of aromatic nitrogens is 2. The minimum Gasteiger partial charge on any atom is -0.481 e. The highest BCUT2D eigenvalue weighted by molar-refractivity contribution is 5.69. The molecule has 0 amide bonds. The fourth-order valence-corrected chi connectivity index (χ4v) is 1.63. The van der Waals surface area contributed by atoms with Gasteiger partial charge in [0.25, 0.3) is 5.56 Å². The maximum atomic E-state index is 12.7. The van der Waals surface area contributed by atoms with Gasteiger partial charge >= 0.3 is 5.97 Å². The fraction of sp³-hybridized carbons (Fsp3) is 0.167. The average molecular weight is 250 g/mol. The molecule has 0 spiro atoms. The Bertz CT molecular complexity index is 613. The normalized spacial score (nSPS) is 10.5. The first kappa shape index (κ1) is 12.1. The lowest BCUT2D eigenvalue weighted by molar-refractivity contribution is -0.136. The van der Waals surface area contributed by atoms with Crippen LogP contribution in [0, 0.1) is 5.82 Å². The number of halogens is 1. The van der Waals surface area contributed by atoms with E-state index in [0.717, 1.165) is 5.56 Å². The number of carbonyl (C=O) groups is 1. The summed E-state index contributed by atoms with van der Waals surface area (Å²) >= 11 is 0. The monoisotopic (exact) mass is 250 g/mol. The Morgan fingerprint density at radius 1 is 1.33 bits per heavy atom. The molecular formula is C12H11FN2O3. The molecule has 1 aromatic heterocycles. The van der Waals surface area contributed by atoms with E-state index in [1.165, 1.54) is 23.0 Å². The molecule has 18 heavy (non-hydrogen) atoms. The third-order valence-corrected chi connectivity index (χ3v) is 2.51. The highest BCUT2D eigenvalue weighted by Gasteiger charge is 2.09. The minimum atomic E-state index is -1.06. The topological polar surface area (TPSA) is 75.1 Å². The zero-order chi connectivity index (χ0) is 13.1. The molecule has 0 aliphatic carbocycles. The van der Waals surface area contributed by atoms with Crippen molar-refractivity contribution in [2.45, 2.75) is 13.0 Å². The molecule has 1 heterocycles. The van der Waals surface area contributed by atoms with Crippen molar-refractivity contribution in [2.75, 3.05) is 0 Å². The van der Waals surface area contributed by atoms with E-state index in [-0.39, 0.29) is 29.9 Å². The number of carboxylic acids is 1.